The molecule has 31 heavy (non-hydrogen) atoms. The van der Waals surface area contributed by atoms with Crippen molar-refractivity contribution in [2.75, 3.05) is 5.73 Å². The molecule has 0 amide bonds. The molecular formula is C23H25N5O2S. The summed E-state index contributed by atoms with van der Waals surface area (Å²) in [6.45, 7) is 0. The van der Waals surface area contributed by atoms with Crippen LogP contribution >= 0.6 is 11.3 Å². The molecule has 8 heteroatoms. The number of fused-ring (bicyclic) bond motifs is 2. The zero-order valence-corrected chi connectivity index (χ0v) is 17.9. The Morgan fingerprint density at radius 3 is 2.90 bits per heavy atom. The molecule has 2 aliphatic rings. The maximum atomic E-state index is 11.1. The Hall–Kier alpha value is -2.55. The fourth-order valence-corrected chi connectivity index (χ4v) is 6.59. The summed E-state index contributed by atoms with van der Waals surface area (Å²) in [6.07, 6.45) is 6.39. The van der Waals surface area contributed by atoms with Crippen LogP contribution in [0, 0.1) is 11.3 Å². The Morgan fingerprint density at radius 1 is 1.16 bits per heavy atom. The number of thiazole rings is 1. The second-order valence-corrected chi connectivity index (χ2v) is 10.1. The summed E-state index contributed by atoms with van der Waals surface area (Å²) >= 11 is 1.66. The molecule has 2 saturated carbocycles. The van der Waals surface area contributed by atoms with E-state index >= 15 is 0 Å². The second kappa shape index (κ2) is 6.98. The molecule has 0 aliphatic heterocycles. The number of aliphatic hydroxyl groups is 2. The van der Waals surface area contributed by atoms with Gasteiger partial charge in [-0.05, 0) is 67.2 Å². The zero-order valence-electron chi connectivity index (χ0n) is 17.1. The molecule has 160 valence electrons. The molecular weight excluding hydrogens is 410 g/mol. The summed E-state index contributed by atoms with van der Waals surface area (Å²) in [5, 5.41) is 23.0. The van der Waals surface area contributed by atoms with Crippen molar-refractivity contribution in [1.29, 1.82) is 0 Å². The lowest BCUT2D eigenvalue weighted by Gasteiger charge is -2.56. The van der Waals surface area contributed by atoms with Crippen molar-refractivity contribution >= 4 is 38.4 Å². The first-order valence-electron chi connectivity index (χ1n) is 10.8. The van der Waals surface area contributed by atoms with Crippen LogP contribution in [0.2, 0.25) is 0 Å². The van der Waals surface area contributed by atoms with Crippen LogP contribution in [-0.4, -0.2) is 41.9 Å². The van der Waals surface area contributed by atoms with Crippen molar-refractivity contribution in [3.63, 3.8) is 0 Å². The van der Waals surface area contributed by atoms with Gasteiger partial charge >= 0.3 is 0 Å². The van der Waals surface area contributed by atoms with Gasteiger partial charge in [0.05, 0.1) is 33.3 Å². The lowest BCUT2D eigenvalue weighted by Crippen LogP contribution is -2.57. The smallest absolute Gasteiger partial charge is 0.145 e. The largest absolute Gasteiger partial charge is 0.390 e. The van der Waals surface area contributed by atoms with Gasteiger partial charge in [0, 0.05) is 6.20 Å². The third kappa shape index (κ3) is 2.96. The van der Waals surface area contributed by atoms with Gasteiger partial charge in [-0.1, -0.05) is 6.07 Å². The predicted octanol–water partition coefficient (Wildman–Crippen LogP) is 3.32. The molecule has 3 heterocycles. The van der Waals surface area contributed by atoms with Crippen molar-refractivity contribution in [2.45, 2.75) is 50.4 Å². The average Bonchev–Trinajstić information content (AvgIpc) is 3.38. The van der Waals surface area contributed by atoms with Crippen molar-refractivity contribution in [3.8, 4) is 0 Å². The molecule has 0 radical (unpaired) electrons. The van der Waals surface area contributed by atoms with E-state index in [0.717, 1.165) is 43.0 Å². The third-order valence-corrected chi connectivity index (χ3v) is 8.30. The number of benzene rings is 1. The molecule has 2 fully saturated rings. The van der Waals surface area contributed by atoms with Gasteiger partial charge in [0.1, 0.15) is 23.9 Å². The quantitative estimate of drug-likeness (QED) is 0.455. The number of hydrogen-bond donors (Lipinski definition) is 3. The maximum absolute atomic E-state index is 11.1. The minimum atomic E-state index is -0.826. The van der Waals surface area contributed by atoms with Crippen molar-refractivity contribution in [3.05, 3.63) is 47.9 Å². The van der Waals surface area contributed by atoms with E-state index in [9.17, 15) is 10.2 Å². The van der Waals surface area contributed by atoms with Crippen LogP contribution in [0.1, 0.15) is 37.3 Å². The molecule has 1 aromatic carbocycles. The monoisotopic (exact) mass is 435 g/mol. The second-order valence-electron chi connectivity index (χ2n) is 9.26. The van der Waals surface area contributed by atoms with Gasteiger partial charge in [-0.3, -0.25) is 0 Å². The Bertz CT molecular complexity index is 1260. The highest BCUT2D eigenvalue weighted by Gasteiger charge is 2.55. The summed E-state index contributed by atoms with van der Waals surface area (Å²) in [6, 6.07) is 8.20. The lowest BCUT2D eigenvalue weighted by atomic mass is 9.52. The molecule has 0 bridgehead atoms. The topological polar surface area (TPSA) is 110 Å². The number of nitrogen functional groups attached to an aromatic ring is 1. The van der Waals surface area contributed by atoms with Gasteiger partial charge < -0.3 is 20.5 Å². The fourth-order valence-electron chi connectivity index (χ4n) is 5.93. The minimum absolute atomic E-state index is 0.178. The van der Waals surface area contributed by atoms with Gasteiger partial charge in [0.2, 0.25) is 0 Å². The molecule has 0 unspecified atom stereocenters. The molecule has 2 aliphatic carbocycles. The summed E-state index contributed by atoms with van der Waals surface area (Å²) in [7, 11) is 0. The van der Waals surface area contributed by atoms with Crippen LogP contribution in [0.4, 0.5) is 5.82 Å². The third-order valence-electron chi connectivity index (χ3n) is 7.49. The average molecular weight is 436 g/mol. The van der Waals surface area contributed by atoms with E-state index in [1.54, 1.807) is 11.3 Å². The molecule has 7 nitrogen and oxygen atoms in total. The van der Waals surface area contributed by atoms with E-state index in [4.69, 9.17) is 5.73 Å². The molecule has 3 atom stereocenters. The summed E-state index contributed by atoms with van der Waals surface area (Å²) in [4.78, 5) is 12.8. The Kier molecular flexibility index (Phi) is 4.31. The number of nitrogens with two attached hydrogens (primary N) is 1. The van der Waals surface area contributed by atoms with E-state index in [2.05, 4.69) is 33.2 Å². The molecule has 4 aromatic rings. The van der Waals surface area contributed by atoms with E-state index in [-0.39, 0.29) is 11.5 Å². The number of hydrogen-bond acceptors (Lipinski definition) is 7. The molecule has 3 aromatic heterocycles. The number of anilines is 1. The van der Waals surface area contributed by atoms with E-state index in [0.29, 0.717) is 17.4 Å². The van der Waals surface area contributed by atoms with Gasteiger partial charge in [-0.15, -0.1) is 11.3 Å². The zero-order chi connectivity index (χ0) is 21.2. The van der Waals surface area contributed by atoms with Crippen LogP contribution < -0.4 is 5.73 Å². The maximum Gasteiger partial charge on any atom is 0.145 e. The van der Waals surface area contributed by atoms with Crippen LogP contribution in [-0.2, 0) is 6.42 Å². The highest BCUT2D eigenvalue weighted by atomic mass is 32.1. The predicted molar refractivity (Wildman–Crippen MR) is 121 cm³/mol. The normalized spacial score (nSPS) is 30.8. The van der Waals surface area contributed by atoms with E-state index in [1.807, 2.05) is 22.3 Å². The fraction of sp³-hybridized carbons (Fsp3) is 0.435. The van der Waals surface area contributed by atoms with Crippen LogP contribution in [0.15, 0.2) is 42.3 Å². The van der Waals surface area contributed by atoms with Gasteiger partial charge in [0.15, 0.2) is 0 Å². The van der Waals surface area contributed by atoms with Crippen molar-refractivity contribution in [2.24, 2.45) is 11.3 Å². The van der Waals surface area contributed by atoms with Gasteiger partial charge in [-0.2, -0.15) is 0 Å². The van der Waals surface area contributed by atoms with E-state index < -0.39 is 12.2 Å². The molecule has 4 N–H and O–H groups in total. The first-order chi connectivity index (χ1) is 15.0. The Morgan fingerprint density at radius 2 is 2.03 bits per heavy atom. The standard InChI is InChI=1S/C23H25N5O2S/c24-21-15-4-6-28(22(15)26-11-25-21)17-3-5-23(20(30)19(17)29)9-14(10-23)7-13-1-2-18-16(8-13)27-12-31-18/h1-2,4,6,8,11-12,14,17,19-20,29-30H,3,5,7,9-10H2,(H2,24,25,26)/t14?,17-,19+,20+,23?/m1/s1. The number of aromatic nitrogens is 4. The molecule has 0 saturated heterocycles. The number of aliphatic hydroxyl groups excluding tert-OH is 2. The molecule has 1 spiro atoms. The summed E-state index contributed by atoms with van der Waals surface area (Å²) in [5.74, 6) is 0.971. The summed E-state index contributed by atoms with van der Waals surface area (Å²) in [5.41, 5.74) is 10.7. The highest BCUT2D eigenvalue weighted by Crippen LogP contribution is 2.57. The van der Waals surface area contributed by atoms with Crippen LogP contribution in [0.3, 0.4) is 0 Å². The van der Waals surface area contributed by atoms with E-state index in [1.165, 1.54) is 16.6 Å². The Balaban J connectivity index is 1.17. The van der Waals surface area contributed by atoms with Gasteiger partial charge in [0.25, 0.3) is 0 Å². The SMILES string of the molecule is Nc1ncnc2c1ccn2[C@@H]1CCC2(CC(Cc3ccc4scnc4c3)C2)[C@@H](O)[C@H]1O. The lowest BCUT2D eigenvalue weighted by molar-refractivity contribution is -0.165. The number of rotatable bonds is 3. The number of nitrogens with zero attached hydrogens (tertiary/aromatic N) is 4. The summed E-state index contributed by atoms with van der Waals surface area (Å²) < 4.78 is 3.17. The molecule has 6 rings (SSSR count). The van der Waals surface area contributed by atoms with Crippen molar-refractivity contribution < 1.29 is 10.2 Å². The van der Waals surface area contributed by atoms with Crippen LogP contribution in [0.25, 0.3) is 21.3 Å². The first-order valence-corrected chi connectivity index (χ1v) is 11.7. The van der Waals surface area contributed by atoms with Crippen molar-refractivity contribution in [1.82, 2.24) is 19.5 Å². The first kappa shape index (κ1) is 19.2. The minimum Gasteiger partial charge on any atom is -0.390 e. The van der Waals surface area contributed by atoms with Gasteiger partial charge in [-0.25, -0.2) is 15.0 Å². The highest BCUT2D eigenvalue weighted by molar-refractivity contribution is 7.16. The Labute approximate surface area is 183 Å². The van der Waals surface area contributed by atoms with Crippen LogP contribution in [0.5, 0.6) is 0 Å².